The Hall–Kier alpha value is -2.56. The smallest absolute Gasteiger partial charge is 0.297 e. The summed E-state index contributed by atoms with van der Waals surface area (Å²) in [6.07, 6.45) is 3.75. The first-order chi connectivity index (χ1) is 14.0. The van der Waals surface area contributed by atoms with Crippen LogP contribution >= 0.6 is 0 Å². The maximum absolute atomic E-state index is 12.7. The van der Waals surface area contributed by atoms with Gasteiger partial charge in [-0.05, 0) is 12.2 Å². The van der Waals surface area contributed by atoms with Crippen molar-refractivity contribution in [2.24, 2.45) is 0 Å². The predicted octanol–water partition coefficient (Wildman–Crippen LogP) is 0.984. The fourth-order valence-electron chi connectivity index (χ4n) is 3.21. The van der Waals surface area contributed by atoms with Crippen LogP contribution in [0, 0.1) is 0 Å². The topological polar surface area (TPSA) is 93.7 Å². The van der Waals surface area contributed by atoms with E-state index in [-0.39, 0.29) is 18.2 Å². The number of aromatic nitrogens is 2. The monoisotopic (exact) mass is 408 g/mol. The number of Topliss-reactive ketones (excluding diaryl/α,β-unsaturated/α-hetero) is 1. The third kappa shape index (κ3) is 5.08. The lowest BCUT2D eigenvalue weighted by molar-refractivity contribution is -0.127. The van der Waals surface area contributed by atoms with Gasteiger partial charge in [0.05, 0.1) is 24.8 Å². The summed E-state index contributed by atoms with van der Waals surface area (Å²) in [4.78, 5) is 34.4. The molecule has 10 heteroatoms. The van der Waals surface area contributed by atoms with E-state index >= 15 is 0 Å². The lowest BCUT2D eigenvalue weighted by Gasteiger charge is -2.34. The summed E-state index contributed by atoms with van der Waals surface area (Å²) in [7, 11) is 1.39. The van der Waals surface area contributed by atoms with Gasteiger partial charge in [0.2, 0.25) is 5.78 Å². The van der Waals surface area contributed by atoms with Crippen molar-refractivity contribution in [3.8, 4) is 0 Å². The molecule has 1 aliphatic heterocycles. The summed E-state index contributed by atoms with van der Waals surface area (Å²) < 4.78 is 35.9. The highest BCUT2D eigenvalue weighted by atomic mass is 19.3. The van der Waals surface area contributed by atoms with Gasteiger partial charge >= 0.3 is 0 Å². The zero-order valence-corrected chi connectivity index (χ0v) is 15.9. The number of alkyl halides is 2. The molecule has 2 unspecified atom stereocenters. The van der Waals surface area contributed by atoms with Crippen molar-refractivity contribution in [1.29, 1.82) is 0 Å². The quantitative estimate of drug-likeness (QED) is 0.673. The van der Waals surface area contributed by atoms with E-state index in [2.05, 4.69) is 20.2 Å². The second kappa shape index (κ2) is 9.77. The Kier molecular flexibility index (Phi) is 7.13. The van der Waals surface area contributed by atoms with E-state index in [1.807, 2.05) is 0 Å². The molecule has 0 spiro atoms. The number of carbonyl (C=O) groups excluding carboxylic acids is 2. The molecule has 1 amide bonds. The molecule has 1 fully saturated rings. The van der Waals surface area contributed by atoms with Crippen molar-refractivity contribution in [2.45, 2.75) is 18.6 Å². The molecule has 8 nitrogen and oxygen atoms in total. The Bertz CT molecular complexity index is 792. The Balaban J connectivity index is 1.73. The van der Waals surface area contributed by atoms with E-state index in [0.29, 0.717) is 31.9 Å². The van der Waals surface area contributed by atoms with Crippen LogP contribution in [0.4, 0.5) is 8.78 Å². The number of ketones is 1. The first-order valence-corrected chi connectivity index (χ1v) is 9.16. The van der Waals surface area contributed by atoms with Crippen LogP contribution in [-0.4, -0.2) is 72.6 Å². The van der Waals surface area contributed by atoms with E-state index in [1.54, 1.807) is 12.2 Å². The van der Waals surface area contributed by atoms with E-state index in [1.165, 1.54) is 25.6 Å². The van der Waals surface area contributed by atoms with Gasteiger partial charge in [-0.3, -0.25) is 14.5 Å². The van der Waals surface area contributed by atoms with Gasteiger partial charge in [-0.15, -0.1) is 0 Å². The lowest BCUT2D eigenvalue weighted by Crippen LogP contribution is -2.45. The maximum Gasteiger partial charge on any atom is 0.297 e. The first kappa shape index (κ1) is 21.2. The summed E-state index contributed by atoms with van der Waals surface area (Å²) in [6.45, 7) is 2.40. The van der Waals surface area contributed by atoms with Crippen LogP contribution in [0.2, 0.25) is 0 Å². The number of halogens is 2. The zero-order valence-electron chi connectivity index (χ0n) is 15.9. The first-order valence-electron chi connectivity index (χ1n) is 9.16. The highest BCUT2D eigenvalue weighted by Gasteiger charge is 2.29. The Labute approximate surface area is 166 Å². The minimum absolute atomic E-state index is 0.00405. The lowest BCUT2D eigenvalue weighted by atomic mass is 10.00. The molecule has 1 N–H and O–H groups in total. The number of amides is 1. The fourth-order valence-corrected chi connectivity index (χ4v) is 3.21. The summed E-state index contributed by atoms with van der Waals surface area (Å²) in [5, 5.41) is 2.76. The van der Waals surface area contributed by atoms with Gasteiger partial charge in [-0.1, -0.05) is 6.08 Å². The van der Waals surface area contributed by atoms with Crippen molar-refractivity contribution >= 4 is 11.7 Å². The highest BCUT2D eigenvalue weighted by Crippen LogP contribution is 2.22. The average molecular weight is 408 g/mol. The molecule has 2 aliphatic rings. The number of hydrogen-bond acceptors (Lipinski definition) is 7. The number of methoxy groups -OCH3 is 1. The van der Waals surface area contributed by atoms with E-state index < -0.39 is 30.0 Å². The van der Waals surface area contributed by atoms with Crippen molar-refractivity contribution in [3.63, 3.8) is 0 Å². The van der Waals surface area contributed by atoms with Gasteiger partial charge in [0.15, 0.2) is 5.82 Å². The molecule has 0 saturated carbocycles. The number of hydrogen-bond donors (Lipinski definition) is 1. The van der Waals surface area contributed by atoms with Crippen molar-refractivity contribution in [2.75, 3.05) is 40.0 Å². The molecule has 2 atom stereocenters. The molecule has 0 aromatic carbocycles. The molecule has 2 heterocycles. The van der Waals surface area contributed by atoms with Crippen molar-refractivity contribution in [1.82, 2.24) is 20.2 Å². The fraction of sp³-hybridized carbons (Fsp3) is 0.474. The minimum atomic E-state index is -2.75. The van der Waals surface area contributed by atoms with Crippen LogP contribution in [0.3, 0.4) is 0 Å². The zero-order chi connectivity index (χ0) is 20.8. The van der Waals surface area contributed by atoms with Crippen LogP contribution in [0.1, 0.15) is 23.9 Å². The SMILES string of the molecule is COC1C=CC=C(C(=O)NCC(c2cnc(C(F)F)nc2)N2CCOCC2)C1=O. The molecular formula is C19H22F2N4O4. The van der Waals surface area contributed by atoms with Crippen LogP contribution in [0.25, 0.3) is 0 Å². The molecule has 1 aromatic rings. The summed E-state index contributed by atoms with van der Waals surface area (Å²) >= 11 is 0. The Morgan fingerprint density at radius 3 is 2.66 bits per heavy atom. The van der Waals surface area contributed by atoms with Gasteiger partial charge in [0, 0.05) is 44.7 Å². The summed E-state index contributed by atoms with van der Waals surface area (Å²) in [6, 6.07) is -0.345. The van der Waals surface area contributed by atoms with Crippen LogP contribution < -0.4 is 5.32 Å². The second-order valence-corrected chi connectivity index (χ2v) is 6.54. The number of carbonyl (C=O) groups is 2. The maximum atomic E-state index is 12.7. The number of morpholine rings is 1. The molecule has 0 radical (unpaired) electrons. The summed E-state index contributed by atoms with van der Waals surface area (Å²) in [5.41, 5.74) is 0.597. The molecular weight excluding hydrogens is 386 g/mol. The number of ether oxygens (including phenoxy) is 2. The van der Waals surface area contributed by atoms with Crippen LogP contribution in [0.5, 0.6) is 0 Å². The van der Waals surface area contributed by atoms with E-state index in [4.69, 9.17) is 9.47 Å². The van der Waals surface area contributed by atoms with Crippen molar-refractivity contribution < 1.29 is 27.8 Å². The van der Waals surface area contributed by atoms with Crippen LogP contribution in [-0.2, 0) is 19.1 Å². The van der Waals surface area contributed by atoms with Crippen molar-refractivity contribution in [3.05, 3.63) is 47.6 Å². The van der Waals surface area contributed by atoms with Gasteiger partial charge in [-0.2, -0.15) is 0 Å². The van der Waals surface area contributed by atoms with Gasteiger partial charge < -0.3 is 14.8 Å². The third-order valence-corrected chi connectivity index (χ3v) is 4.79. The van der Waals surface area contributed by atoms with Gasteiger partial charge in [0.25, 0.3) is 12.3 Å². The highest BCUT2D eigenvalue weighted by molar-refractivity contribution is 6.22. The second-order valence-electron chi connectivity index (χ2n) is 6.54. The number of rotatable bonds is 7. The molecule has 3 rings (SSSR count). The molecule has 156 valence electrons. The standard InChI is InChI=1S/C19H22F2N4O4/c1-28-15-4-2-3-13(16(15)26)19(27)24-11-14(25-5-7-29-8-6-25)12-9-22-18(17(20)21)23-10-12/h2-4,9-10,14-15,17H,5-8,11H2,1H3,(H,24,27). The van der Waals surface area contributed by atoms with Gasteiger partial charge in [0.1, 0.15) is 6.10 Å². The van der Waals surface area contributed by atoms with E-state index in [0.717, 1.165) is 0 Å². The average Bonchev–Trinajstić information content (AvgIpc) is 2.75. The molecule has 1 aromatic heterocycles. The molecule has 29 heavy (non-hydrogen) atoms. The number of nitrogens with one attached hydrogen (secondary N) is 1. The molecule has 1 aliphatic carbocycles. The number of allylic oxidation sites excluding steroid dienone is 2. The minimum Gasteiger partial charge on any atom is -0.379 e. The van der Waals surface area contributed by atoms with Crippen LogP contribution in [0.15, 0.2) is 36.2 Å². The summed E-state index contributed by atoms with van der Waals surface area (Å²) in [5.74, 6) is -1.49. The third-order valence-electron chi connectivity index (χ3n) is 4.79. The normalized spacial score (nSPS) is 21.2. The number of nitrogens with zero attached hydrogens (tertiary/aromatic N) is 3. The van der Waals surface area contributed by atoms with E-state index in [9.17, 15) is 18.4 Å². The van der Waals surface area contributed by atoms with Gasteiger partial charge in [-0.25, -0.2) is 18.7 Å². The molecule has 0 bridgehead atoms. The predicted molar refractivity (Wildman–Crippen MR) is 98.2 cm³/mol. The Morgan fingerprint density at radius 1 is 1.34 bits per heavy atom. The molecule has 1 saturated heterocycles. The Morgan fingerprint density at radius 2 is 2.03 bits per heavy atom. The largest absolute Gasteiger partial charge is 0.379 e.